The van der Waals surface area contributed by atoms with Gasteiger partial charge in [-0.1, -0.05) is 168 Å². The van der Waals surface area contributed by atoms with Crippen LogP contribution in [0.1, 0.15) is 194 Å². The number of carbonyl (C=O) groups excluding carboxylic acids is 2. The van der Waals surface area contributed by atoms with E-state index in [-0.39, 0.29) is 31.5 Å². The van der Waals surface area contributed by atoms with Crippen LogP contribution in [-0.2, 0) is 28.3 Å². The maximum absolute atomic E-state index is 12.3. The van der Waals surface area contributed by atoms with E-state index in [1.54, 1.807) is 0 Å². The number of Topliss-reactive ketones (excluding diaryl/α,β-unsaturated/α-hetero) is 1. The highest BCUT2D eigenvalue weighted by Crippen LogP contribution is 2.38. The van der Waals surface area contributed by atoms with Gasteiger partial charge in [0.2, 0.25) is 0 Å². The van der Waals surface area contributed by atoms with Crippen LogP contribution in [0.25, 0.3) is 0 Å². The van der Waals surface area contributed by atoms with E-state index in [1.165, 1.54) is 135 Å². The fourth-order valence-electron chi connectivity index (χ4n) is 6.00. The molecule has 0 rings (SSSR count). The van der Waals surface area contributed by atoms with Crippen LogP contribution in [0.4, 0.5) is 0 Å². The number of rotatable bonds is 37. The van der Waals surface area contributed by atoms with E-state index in [0.29, 0.717) is 17.3 Å². The normalized spacial score (nSPS) is 13.0. The van der Waals surface area contributed by atoms with Crippen LogP contribution in [0.5, 0.6) is 0 Å². The number of hydrogen-bond donors (Lipinski definition) is 4. The largest absolute Gasteiger partial charge is 0.470 e. The summed E-state index contributed by atoms with van der Waals surface area (Å²) in [5.41, 5.74) is 0. The number of ketones is 1. The molecule has 0 aromatic carbocycles. The van der Waals surface area contributed by atoms with Crippen molar-refractivity contribution in [1.29, 1.82) is 0 Å². The Kier molecular flexibility index (Phi) is 37.9. The van der Waals surface area contributed by atoms with Crippen molar-refractivity contribution >= 4 is 19.6 Å². The second-order valence-electron chi connectivity index (χ2n) is 15.6. The number of phosphoric ester groups is 1. The van der Waals surface area contributed by atoms with Crippen LogP contribution in [0.15, 0.2) is 0 Å². The minimum absolute atomic E-state index is 0.107. The van der Waals surface area contributed by atoms with Crippen LogP contribution in [-0.4, -0.2) is 89.5 Å². The first-order valence-corrected chi connectivity index (χ1v) is 22.5. The number of phosphoric acid groups is 1. The summed E-state index contributed by atoms with van der Waals surface area (Å²) in [4.78, 5) is 45.8. The predicted octanol–water partition coefficient (Wildman–Crippen LogP) is 10.1. The maximum atomic E-state index is 12.3. The summed E-state index contributed by atoms with van der Waals surface area (Å²) < 4.78 is 21.2. The van der Waals surface area contributed by atoms with E-state index in [2.05, 4.69) is 18.7 Å². The van der Waals surface area contributed by atoms with E-state index in [1.807, 2.05) is 21.1 Å². The van der Waals surface area contributed by atoms with Gasteiger partial charge in [-0.3, -0.25) is 19.4 Å². The van der Waals surface area contributed by atoms with Gasteiger partial charge in [0.25, 0.3) is 0 Å². The quantitative estimate of drug-likeness (QED) is 0.0120. The molecule has 0 saturated carbocycles. The first-order valence-electron chi connectivity index (χ1n) is 20.9. The molecule has 0 radical (unpaired) electrons. The lowest BCUT2D eigenvalue weighted by Gasteiger charge is -2.28. The van der Waals surface area contributed by atoms with Crippen molar-refractivity contribution in [3.63, 3.8) is 0 Å². The van der Waals surface area contributed by atoms with Gasteiger partial charge in [-0.2, -0.15) is 0 Å². The van der Waals surface area contributed by atoms with E-state index >= 15 is 0 Å². The zero-order valence-corrected chi connectivity index (χ0v) is 35.1. The number of aliphatic hydroxyl groups is 1. The summed E-state index contributed by atoms with van der Waals surface area (Å²) in [5.74, 6) is -0.506. The molecule has 0 aromatic heterocycles. The van der Waals surface area contributed by atoms with Crippen molar-refractivity contribution in [2.75, 3.05) is 40.9 Å². The Hall–Kier alpha value is -0.910. The van der Waals surface area contributed by atoms with Crippen LogP contribution >= 0.6 is 7.82 Å². The number of carbonyl (C=O) groups is 2. The third-order valence-electron chi connectivity index (χ3n) is 9.13. The molecule has 0 aliphatic heterocycles. The summed E-state index contributed by atoms with van der Waals surface area (Å²) in [6.07, 6.45) is 31.5. The van der Waals surface area contributed by atoms with Gasteiger partial charge in [0.05, 0.1) is 27.7 Å². The number of likely N-dealkylation sites (N-methyl/N-ethyl adjacent to an activating group) is 1. The van der Waals surface area contributed by atoms with E-state index < -0.39 is 20.0 Å². The number of hydrogen-bond acceptors (Lipinski definition) is 8. The molecule has 0 aliphatic rings. The van der Waals surface area contributed by atoms with Gasteiger partial charge in [-0.15, -0.1) is 0 Å². The number of esters is 1. The Balaban J connectivity index is 0. The topological polar surface area (TPSA) is 160 Å². The molecule has 4 N–H and O–H groups in total. The molecule has 0 aromatic rings. The molecule has 0 saturated heterocycles. The van der Waals surface area contributed by atoms with E-state index in [4.69, 9.17) is 29.4 Å². The molecule has 0 spiro atoms. The summed E-state index contributed by atoms with van der Waals surface area (Å²) >= 11 is 0. The molecule has 0 fully saturated rings. The zero-order valence-electron chi connectivity index (χ0n) is 34.2. The predicted molar refractivity (Wildman–Crippen MR) is 211 cm³/mol. The fraction of sp³-hybridized carbons (Fsp3) is 0.950. The third-order valence-corrected chi connectivity index (χ3v) is 9.66. The van der Waals surface area contributed by atoms with Crippen LogP contribution in [0.3, 0.4) is 0 Å². The van der Waals surface area contributed by atoms with Gasteiger partial charge < -0.3 is 24.1 Å². The van der Waals surface area contributed by atoms with Gasteiger partial charge in [0.15, 0.2) is 11.9 Å². The lowest BCUT2D eigenvalue weighted by Crippen LogP contribution is -2.45. The van der Waals surface area contributed by atoms with Crippen molar-refractivity contribution in [1.82, 2.24) is 0 Å². The van der Waals surface area contributed by atoms with Crippen molar-refractivity contribution in [3.05, 3.63) is 0 Å². The monoisotopic (exact) mass is 769 g/mol. The van der Waals surface area contributed by atoms with Crippen molar-refractivity contribution < 1.29 is 52.9 Å². The summed E-state index contributed by atoms with van der Waals surface area (Å²) in [6, 6.07) is 0. The van der Waals surface area contributed by atoms with E-state index in [9.17, 15) is 14.2 Å². The Morgan fingerprint density at radius 1 is 0.596 bits per heavy atom. The summed E-state index contributed by atoms with van der Waals surface area (Å²) in [6.45, 7) is 4.27. The first kappa shape index (κ1) is 53.2. The number of nitrogens with zero attached hydrogens (tertiary/aromatic N) is 1. The smallest absolute Gasteiger partial charge is 0.463 e. The van der Waals surface area contributed by atoms with Crippen LogP contribution in [0.2, 0.25) is 0 Å². The molecular weight excluding hydrogens is 685 g/mol. The molecule has 12 heteroatoms. The van der Waals surface area contributed by atoms with Crippen molar-refractivity contribution in [3.8, 4) is 0 Å². The molecule has 0 heterocycles. The Morgan fingerprint density at radius 2 is 0.942 bits per heavy atom. The molecule has 1 unspecified atom stereocenters. The summed E-state index contributed by atoms with van der Waals surface area (Å²) in [7, 11) is 0.944. The second kappa shape index (κ2) is 37.0. The van der Waals surface area contributed by atoms with Gasteiger partial charge in [-0.25, -0.2) is 9.45 Å². The third kappa shape index (κ3) is 41.8. The molecule has 0 bridgehead atoms. The Labute approximate surface area is 318 Å². The molecule has 0 amide bonds. The minimum Gasteiger partial charge on any atom is -0.463 e. The fourth-order valence-corrected chi connectivity index (χ4v) is 6.51. The molecule has 0 aliphatic carbocycles. The average Bonchev–Trinajstić information content (AvgIpc) is 3.08. The van der Waals surface area contributed by atoms with Gasteiger partial charge in [0.1, 0.15) is 19.3 Å². The highest BCUT2D eigenvalue weighted by Gasteiger charge is 2.32. The lowest BCUT2D eigenvalue weighted by atomic mass is 10.0. The summed E-state index contributed by atoms with van der Waals surface area (Å²) in [5, 5.41) is 17.1. The molecule has 312 valence electrons. The number of ether oxygens (including phenoxy) is 1. The maximum Gasteiger partial charge on any atom is 0.470 e. The number of quaternary nitrogens is 1. The average molecular weight is 769 g/mol. The standard InChI is InChI=1S/C21H44NO5P.C19H38O5/c1-5-6-7-8-9-10-11-12-13-14-15-16-17-18-20(23)21(19-22(2,3)4)27-28(24,25)26;1-2-3-4-5-6-7-8-9-10-11-12-13-14-15-19(21)23-17-18(16-20)24-22/h21H,5-19H2,1-4H3,(H-,24,25,26);18,20,22H,2-17H2,1H3/p+1/t;18-/m.0/s1. The van der Waals surface area contributed by atoms with Crippen LogP contribution < -0.4 is 0 Å². The van der Waals surface area contributed by atoms with Crippen molar-refractivity contribution in [2.45, 2.75) is 206 Å². The number of aliphatic hydroxyl groups excluding tert-OH is 1. The van der Waals surface area contributed by atoms with Crippen LogP contribution in [0, 0.1) is 0 Å². The second-order valence-corrected chi connectivity index (χ2v) is 16.8. The first-order chi connectivity index (χ1) is 24.8. The highest BCUT2D eigenvalue weighted by atomic mass is 31.2. The lowest BCUT2D eigenvalue weighted by molar-refractivity contribution is -0.872. The zero-order chi connectivity index (χ0) is 39.4. The van der Waals surface area contributed by atoms with Gasteiger partial charge >= 0.3 is 13.8 Å². The minimum atomic E-state index is -4.66. The van der Waals surface area contributed by atoms with Gasteiger partial charge in [-0.05, 0) is 12.8 Å². The molecule has 52 heavy (non-hydrogen) atoms. The highest BCUT2D eigenvalue weighted by molar-refractivity contribution is 7.46. The number of unbranched alkanes of at least 4 members (excludes halogenated alkanes) is 24. The SMILES string of the molecule is CCCCCCCCCCCCCCCC(=O)C(C[N+](C)(C)C)OP(=O)(O)O.CCCCCCCCCCCCCCCC(=O)OC[C@H](CO)OO. The molecule has 11 nitrogen and oxygen atoms in total. The van der Waals surface area contributed by atoms with Crippen molar-refractivity contribution in [2.24, 2.45) is 0 Å². The van der Waals surface area contributed by atoms with Gasteiger partial charge in [0, 0.05) is 12.8 Å². The van der Waals surface area contributed by atoms with E-state index in [0.717, 1.165) is 32.1 Å². The Bertz CT molecular complexity index is 845. The molecule has 2 atom stereocenters. The Morgan fingerprint density at radius 3 is 1.25 bits per heavy atom. The molecular formula is C40H83NO10P+.